The fourth-order valence-corrected chi connectivity index (χ4v) is 2.22. The van der Waals surface area contributed by atoms with Gasteiger partial charge in [-0.15, -0.1) is 0 Å². The van der Waals surface area contributed by atoms with E-state index >= 15 is 0 Å². The van der Waals surface area contributed by atoms with Gasteiger partial charge in [0.1, 0.15) is 0 Å². The summed E-state index contributed by atoms with van der Waals surface area (Å²) in [5.41, 5.74) is -1.17. The van der Waals surface area contributed by atoms with Crippen molar-refractivity contribution in [2.75, 3.05) is 7.05 Å². The van der Waals surface area contributed by atoms with E-state index < -0.39 is 30.2 Å². The molecule has 0 saturated heterocycles. The SMILES string of the molecule is CC(CC(=O)OC1(N(C)O)CCCCC1)C(F)(F)F. The molecule has 0 amide bonds. The van der Waals surface area contributed by atoms with Gasteiger partial charge in [-0.05, 0) is 12.8 Å². The minimum Gasteiger partial charge on any atom is -0.442 e. The highest BCUT2D eigenvalue weighted by molar-refractivity contribution is 5.70. The van der Waals surface area contributed by atoms with Crippen LogP contribution in [0.4, 0.5) is 13.2 Å². The molecular weight excluding hydrogens is 263 g/mol. The van der Waals surface area contributed by atoms with E-state index in [1.807, 2.05) is 0 Å². The normalized spacial score (nSPS) is 21.2. The predicted octanol–water partition coefficient (Wildman–Crippen LogP) is 3.10. The van der Waals surface area contributed by atoms with Gasteiger partial charge in [-0.25, -0.2) is 0 Å². The number of halogens is 3. The van der Waals surface area contributed by atoms with E-state index in [9.17, 15) is 23.2 Å². The van der Waals surface area contributed by atoms with Crippen molar-refractivity contribution in [1.29, 1.82) is 0 Å². The van der Waals surface area contributed by atoms with Gasteiger partial charge in [0.25, 0.3) is 0 Å². The lowest BCUT2D eigenvalue weighted by Gasteiger charge is -2.40. The van der Waals surface area contributed by atoms with E-state index in [1.54, 1.807) is 0 Å². The zero-order valence-electron chi connectivity index (χ0n) is 11.2. The van der Waals surface area contributed by atoms with E-state index in [2.05, 4.69) is 0 Å². The van der Waals surface area contributed by atoms with E-state index in [0.717, 1.165) is 31.2 Å². The number of hydrogen-bond donors (Lipinski definition) is 1. The molecule has 0 aromatic heterocycles. The second kappa shape index (κ2) is 6.09. The second-order valence-corrected chi connectivity index (χ2v) is 5.15. The Morgan fingerprint density at radius 2 is 1.89 bits per heavy atom. The largest absolute Gasteiger partial charge is 0.442 e. The van der Waals surface area contributed by atoms with Crippen LogP contribution in [0.25, 0.3) is 0 Å². The Morgan fingerprint density at radius 1 is 1.37 bits per heavy atom. The molecule has 0 aromatic rings. The third kappa shape index (κ3) is 4.35. The van der Waals surface area contributed by atoms with Gasteiger partial charge >= 0.3 is 12.1 Å². The zero-order chi connectivity index (χ0) is 14.7. The average Bonchev–Trinajstić information content (AvgIpc) is 2.28. The van der Waals surface area contributed by atoms with Gasteiger partial charge in [0, 0.05) is 19.9 Å². The number of esters is 1. The van der Waals surface area contributed by atoms with Gasteiger partial charge in [0.05, 0.1) is 12.3 Å². The van der Waals surface area contributed by atoms with Crippen LogP contribution in [0.15, 0.2) is 0 Å². The van der Waals surface area contributed by atoms with Crippen LogP contribution in [0.5, 0.6) is 0 Å². The van der Waals surface area contributed by atoms with Gasteiger partial charge < -0.3 is 9.94 Å². The molecule has 0 aromatic carbocycles. The van der Waals surface area contributed by atoms with E-state index in [0.29, 0.717) is 12.8 Å². The van der Waals surface area contributed by atoms with Gasteiger partial charge in [0.2, 0.25) is 0 Å². The molecule has 0 aliphatic heterocycles. The number of carbonyl (C=O) groups excluding carboxylic acids is 1. The molecule has 7 heteroatoms. The average molecular weight is 283 g/mol. The summed E-state index contributed by atoms with van der Waals surface area (Å²) in [6.45, 7) is 0.942. The number of hydroxylamine groups is 2. The van der Waals surface area contributed by atoms with Crippen molar-refractivity contribution >= 4 is 5.97 Å². The lowest BCUT2D eigenvalue weighted by Crippen LogP contribution is -2.50. The van der Waals surface area contributed by atoms with E-state index in [1.165, 1.54) is 7.05 Å². The number of carbonyl (C=O) groups is 1. The van der Waals surface area contributed by atoms with Crippen LogP contribution in [0.1, 0.15) is 45.4 Å². The van der Waals surface area contributed by atoms with Crippen molar-refractivity contribution in [1.82, 2.24) is 5.06 Å². The summed E-state index contributed by atoms with van der Waals surface area (Å²) < 4.78 is 42.3. The number of alkyl halides is 3. The smallest absolute Gasteiger partial charge is 0.392 e. The summed E-state index contributed by atoms with van der Waals surface area (Å²) in [6, 6.07) is 0. The van der Waals surface area contributed by atoms with Gasteiger partial charge in [-0.2, -0.15) is 18.2 Å². The first-order valence-electron chi connectivity index (χ1n) is 6.39. The molecule has 1 N–H and O–H groups in total. The van der Waals surface area contributed by atoms with Crippen LogP contribution in [0.3, 0.4) is 0 Å². The van der Waals surface area contributed by atoms with Crippen molar-refractivity contribution in [3.63, 3.8) is 0 Å². The first kappa shape index (κ1) is 16.2. The molecule has 19 heavy (non-hydrogen) atoms. The highest BCUT2D eigenvalue weighted by Crippen LogP contribution is 2.35. The quantitative estimate of drug-likeness (QED) is 0.489. The molecule has 0 bridgehead atoms. The van der Waals surface area contributed by atoms with Crippen LogP contribution in [0, 0.1) is 5.92 Å². The second-order valence-electron chi connectivity index (χ2n) is 5.15. The first-order valence-corrected chi connectivity index (χ1v) is 6.39. The Kier molecular flexibility index (Phi) is 5.20. The lowest BCUT2D eigenvalue weighted by molar-refractivity contribution is -0.273. The van der Waals surface area contributed by atoms with E-state index in [4.69, 9.17) is 4.74 Å². The maximum atomic E-state index is 12.4. The number of ether oxygens (including phenoxy) is 1. The van der Waals surface area contributed by atoms with Crippen molar-refractivity contribution < 1.29 is 27.9 Å². The molecule has 1 atom stereocenters. The minimum atomic E-state index is -4.41. The summed E-state index contributed by atoms with van der Waals surface area (Å²) in [6.07, 6.45) is -1.76. The van der Waals surface area contributed by atoms with Gasteiger partial charge in [-0.1, -0.05) is 13.3 Å². The maximum Gasteiger partial charge on any atom is 0.392 e. The molecule has 1 saturated carbocycles. The molecule has 0 heterocycles. The predicted molar refractivity (Wildman–Crippen MR) is 61.3 cm³/mol. The topological polar surface area (TPSA) is 49.8 Å². The summed E-state index contributed by atoms with van der Waals surface area (Å²) in [5, 5.41) is 10.4. The van der Waals surface area contributed by atoms with Crippen molar-refractivity contribution in [2.45, 2.75) is 57.3 Å². The third-order valence-corrected chi connectivity index (χ3v) is 3.56. The highest BCUT2D eigenvalue weighted by atomic mass is 19.4. The molecule has 1 unspecified atom stereocenters. The molecular formula is C12H20F3NO3. The molecule has 1 fully saturated rings. The summed E-state index contributed by atoms with van der Waals surface area (Å²) in [5.74, 6) is -2.67. The molecule has 1 aliphatic carbocycles. The van der Waals surface area contributed by atoms with Crippen molar-refractivity contribution in [3.05, 3.63) is 0 Å². The van der Waals surface area contributed by atoms with Crippen LogP contribution < -0.4 is 0 Å². The molecule has 112 valence electrons. The fraction of sp³-hybridized carbons (Fsp3) is 0.917. The highest BCUT2D eigenvalue weighted by Gasteiger charge is 2.42. The molecule has 1 aliphatic rings. The zero-order valence-corrected chi connectivity index (χ0v) is 11.2. The Bertz CT molecular complexity index is 312. The molecule has 0 radical (unpaired) electrons. The van der Waals surface area contributed by atoms with Crippen LogP contribution in [0.2, 0.25) is 0 Å². The third-order valence-electron chi connectivity index (χ3n) is 3.56. The van der Waals surface area contributed by atoms with Crippen LogP contribution >= 0.6 is 0 Å². The van der Waals surface area contributed by atoms with Gasteiger partial charge in [-0.3, -0.25) is 4.79 Å². The Morgan fingerprint density at radius 3 is 2.32 bits per heavy atom. The first-order chi connectivity index (χ1) is 8.67. The molecule has 0 spiro atoms. The van der Waals surface area contributed by atoms with Crippen LogP contribution in [-0.4, -0.2) is 35.2 Å². The van der Waals surface area contributed by atoms with Gasteiger partial charge in [0.15, 0.2) is 5.72 Å². The molecule has 1 rings (SSSR count). The fourth-order valence-electron chi connectivity index (χ4n) is 2.22. The summed E-state index contributed by atoms with van der Waals surface area (Å²) in [4.78, 5) is 11.6. The standard InChI is InChI=1S/C12H20F3NO3/c1-9(12(13,14)15)8-10(17)19-11(16(2)18)6-4-3-5-7-11/h9,18H,3-8H2,1-2H3. The monoisotopic (exact) mass is 283 g/mol. The number of nitrogens with zero attached hydrogens (tertiary/aromatic N) is 1. The Labute approximate surface area is 110 Å². The van der Waals surface area contributed by atoms with E-state index in [-0.39, 0.29) is 0 Å². The Balaban J connectivity index is 2.62. The Hall–Kier alpha value is -0.820. The van der Waals surface area contributed by atoms with Crippen molar-refractivity contribution in [2.24, 2.45) is 5.92 Å². The number of rotatable bonds is 4. The summed E-state index contributed by atoms with van der Waals surface area (Å²) in [7, 11) is 1.35. The lowest BCUT2D eigenvalue weighted by atomic mass is 9.91. The minimum absolute atomic E-state index is 0.437. The summed E-state index contributed by atoms with van der Waals surface area (Å²) >= 11 is 0. The van der Waals surface area contributed by atoms with Crippen LogP contribution in [-0.2, 0) is 9.53 Å². The molecule has 4 nitrogen and oxygen atoms in total. The maximum absolute atomic E-state index is 12.4. The number of hydrogen-bond acceptors (Lipinski definition) is 4. The van der Waals surface area contributed by atoms with Crippen molar-refractivity contribution in [3.8, 4) is 0 Å².